The summed E-state index contributed by atoms with van der Waals surface area (Å²) in [5.41, 5.74) is 6.65. The minimum atomic E-state index is -0.337. The van der Waals surface area contributed by atoms with E-state index >= 15 is 0 Å². The van der Waals surface area contributed by atoms with Crippen LogP contribution in [0.1, 0.15) is 88.9 Å². The molecule has 6 nitrogen and oxygen atoms in total. The molecule has 7 heteroatoms. The molecule has 0 N–H and O–H groups in total. The highest BCUT2D eigenvalue weighted by Gasteiger charge is 2.33. The lowest BCUT2D eigenvalue weighted by Crippen LogP contribution is -2.28. The highest BCUT2D eigenvalue weighted by Crippen LogP contribution is 2.42. The van der Waals surface area contributed by atoms with Crippen molar-refractivity contribution in [3.8, 4) is 0 Å². The zero-order valence-electron chi connectivity index (χ0n) is 25.5. The third-order valence-corrected chi connectivity index (χ3v) is 10.3. The summed E-state index contributed by atoms with van der Waals surface area (Å²) in [6, 6.07) is 11.5. The molecule has 4 aliphatic rings. The van der Waals surface area contributed by atoms with E-state index in [2.05, 4.69) is 21.4 Å². The summed E-state index contributed by atoms with van der Waals surface area (Å²) >= 11 is 6.13. The number of carbonyl (C=O) groups excluding carboxylic acids is 2. The van der Waals surface area contributed by atoms with Crippen LogP contribution < -0.4 is 0 Å². The van der Waals surface area contributed by atoms with Crippen molar-refractivity contribution >= 4 is 34.4 Å². The van der Waals surface area contributed by atoms with E-state index in [4.69, 9.17) is 21.1 Å². The Morgan fingerprint density at radius 1 is 0.860 bits per heavy atom. The number of aryl methyl sites for hydroxylation is 1. The molecule has 2 aromatic carbocycles. The number of ether oxygens (including phenoxy) is 3. The molecule has 2 saturated carbocycles. The molecule has 1 aromatic heterocycles. The molecule has 230 valence electrons. The zero-order chi connectivity index (χ0) is 29.9. The first-order chi connectivity index (χ1) is 20.9. The van der Waals surface area contributed by atoms with Gasteiger partial charge in [0.2, 0.25) is 0 Å². The third kappa shape index (κ3) is 7.12. The van der Waals surface area contributed by atoms with Gasteiger partial charge in [0, 0.05) is 41.4 Å². The Hall–Kier alpha value is -2.83. The van der Waals surface area contributed by atoms with Crippen molar-refractivity contribution in [2.24, 2.45) is 23.7 Å². The lowest BCUT2D eigenvalue weighted by atomic mass is 9.75. The fraction of sp³-hybridized carbons (Fsp3) is 0.556. The highest BCUT2D eigenvalue weighted by molar-refractivity contribution is 6.31. The monoisotopic (exact) mass is 605 g/mol. The number of rotatable bonds is 8. The summed E-state index contributed by atoms with van der Waals surface area (Å²) in [5.74, 6) is 2.71. The van der Waals surface area contributed by atoms with E-state index in [1.54, 1.807) is 12.1 Å². The van der Waals surface area contributed by atoms with Crippen LogP contribution in [0.3, 0.4) is 0 Å². The van der Waals surface area contributed by atoms with Gasteiger partial charge in [-0.2, -0.15) is 0 Å². The number of methoxy groups -OCH3 is 2. The van der Waals surface area contributed by atoms with E-state index in [-0.39, 0.29) is 11.9 Å². The second-order valence-electron chi connectivity index (χ2n) is 12.9. The van der Waals surface area contributed by atoms with Crippen LogP contribution in [0.15, 0.2) is 36.4 Å². The smallest absolute Gasteiger partial charge is 0.337 e. The van der Waals surface area contributed by atoms with Gasteiger partial charge in [0.15, 0.2) is 0 Å². The Labute approximate surface area is 260 Å². The van der Waals surface area contributed by atoms with Gasteiger partial charge in [-0.1, -0.05) is 30.5 Å². The number of hydrogen-bond acceptors (Lipinski definition) is 5. The van der Waals surface area contributed by atoms with Crippen LogP contribution >= 0.6 is 11.6 Å². The number of esters is 2. The molecule has 3 aliphatic carbocycles. The predicted octanol–water partition coefficient (Wildman–Crippen LogP) is 7.84. The number of halogens is 1. The highest BCUT2D eigenvalue weighted by atomic mass is 35.5. The molecule has 3 aromatic rings. The molecular formula is C36H44ClNO5. The lowest BCUT2D eigenvalue weighted by Gasteiger charge is -2.33. The first-order valence-corrected chi connectivity index (χ1v) is 16.5. The number of carbonyl (C=O) groups is 2. The van der Waals surface area contributed by atoms with Crippen molar-refractivity contribution in [1.29, 1.82) is 0 Å². The van der Waals surface area contributed by atoms with Crippen molar-refractivity contribution in [2.45, 2.75) is 77.2 Å². The van der Waals surface area contributed by atoms with Gasteiger partial charge in [0.1, 0.15) is 0 Å². The molecule has 0 spiro atoms. The third-order valence-electron chi connectivity index (χ3n) is 9.99. The topological polar surface area (TPSA) is 66.8 Å². The number of benzene rings is 2. The largest absolute Gasteiger partial charge is 0.465 e. The summed E-state index contributed by atoms with van der Waals surface area (Å²) in [4.78, 5) is 23.4. The molecule has 0 radical (unpaired) electrons. The van der Waals surface area contributed by atoms with Crippen molar-refractivity contribution in [2.75, 3.05) is 27.4 Å². The minimum absolute atomic E-state index is 0.239. The summed E-state index contributed by atoms with van der Waals surface area (Å²) in [6.07, 6.45) is 13.7. The van der Waals surface area contributed by atoms with Gasteiger partial charge in [0.05, 0.1) is 25.3 Å². The molecule has 43 heavy (non-hydrogen) atoms. The minimum Gasteiger partial charge on any atom is -0.465 e. The fourth-order valence-corrected chi connectivity index (χ4v) is 7.31. The molecule has 1 unspecified atom stereocenters. The Balaban J connectivity index is 0.000000176. The molecule has 1 atom stereocenters. The Morgan fingerprint density at radius 3 is 2.19 bits per heavy atom. The van der Waals surface area contributed by atoms with Crippen LogP contribution in [-0.2, 0) is 40.0 Å². The number of hydrogen-bond donors (Lipinski definition) is 0. The van der Waals surface area contributed by atoms with Crippen LogP contribution in [0, 0.1) is 23.7 Å². The SMILES string of the molecule is COC(=O)c1ccc(CCC2CC2)c(Cl)c1.COC(=O)c1ccc2c(c1)c1c(n2CC2CC2)CCC(C2CCOCC2)C1. The zero-order valence-corrected chi connectivity index (χ0v) is 26.3. The molecule has 0 bridgehead atoms. The van der Waals surface area contributed by atoms with Crippen molar-refractivity contribution in [3.63, 3.8) is 0 Å². The van der Waals surface area contributed by atoms with E-state index in [9.17, 15) is 9.59 Å². The molecule has 1 saturated heterocycles. The van der Waals surface area contributed by atoms with Crippen LogP contribution in [0.2, 0.25) is 5.02 Å². The number of nitrogens with zero attached hydrogens (tertiary/aromatic N) is 1. The summed E-state index contributed by atoms with van der Waals surface area (Å²) in [7, 11) is 2.83. The summed E-state index contributed by atoms with van der Waals surface area (Å²) in [6.45, 7) is 2.99. The van der Waals surface area contributed by atoms with Crippen molar-refractivity contribution < 1.29 is 23.8 Å². The van der Waals surface area contributed by atoms with Crippen LogP contribution in [0.4, 0.5) is 0 Å². The van der Waals surface area contributed by atoms with Gasteiger partial charge in [-0.3, -0.25) is 0 Å². The molecule has 2 heterocycles. The first kappa shape index (κ1) is 30.2. The maximum atomic E-state index is 12.1. The van der Waals surface area contributed by atoms with Crippen LogP contribution in [-0.4, -0.2) is 43.9 Å². The molecule has 0 amide bonds. The average Bonchev–Trinajstić information content (AvgIpc) is 3.99. The Kier molecular flexibility index (Phi) is 9.44. The summed E-state index contributed by atoms with van der Waals surface area (Å²) in [5, 5.41) is 1.95. The second-order valence-corrected chi connectivity index (χ2v) is 13.3. The van der Waals surface area contributed by atoms with Gasteiger partial charge in [0.25, 0.3) is 0 Å². The fourth-order valence-electron chi connectivity index (χ4n) is 7.04. The van der Waals surface area contributed by atoms with Crippen LogP contribution in [0.25, 0.3) is 10.9 Å². The van der Waals surface area contributed by atoms with E-state index in [0.717, 1.165) is 61.8 Å². The molecular weight excluding hydrogens is 562 g/mol. The molecule has 1 aliphatic heterocycles. The van der Waals surface area contributed by atoms with Gasteiger partial charge in [-0.15, -0.1) is 0 Å². The molecule has 3 fully saturated rings. The van der Waals surface area contributed by atoms with Crippen LogP contribution in [0.5, 0.6) is 0 Å². The van der Waals surface area contributed by atoms with Crippen molar-refractivity contribution in [3.05, 3.63) is 69.4 Å². The maximum absolute atomic E-state index is 12.1. The molecule has 7 rings (SSSR count). The van der Waals surface area contributed by atoms with E-state index in [1.807, 2.05) is 12.1 Å². The summed E-state index contributed by atoms with van der Waals surface area (Å²) < 4.78 is 17.8. The van der Waals surface area contributed by atoms with Crippen molar-refractivity contribution in [1.82, 2.24) is 4.57 Å². The van der Waals surface area contributed by atoms with E-state index < -0.39 is 0 Å². The van der Waals surface area contributed by atoms with Gasteiger partial charge < -0.3 is 18.8 Å². The van der Waals surface area contributed by atoms with E-state index in [0.29, 0.717) is 16.1 Å². The van der Waals surface area contributed by atoms with Gasteiger partial charge in [-0.25, -0.2) is 9.59 Å². The second kappa shape index (κ2) is 13.4. The maximum Gasteiger partial charge on any atom is 0.337 e. The number of aromatic nitrogens is 1. The lowest BCUT2D eigenvalue weighted by molar-refractivity contribution is 0.0438. The normalized spacial score (nSPS) is 20.2. The van der Waals surface area contributed by atoms with E-state index in [1.165, 1.54) is 94.2 Å². The average molecular weight is 606 g/mol. The standard InChI is InChI=1S/C23H29NO3.C13H15ClO2/c1-26-23(25)18-5-7-22-20(13-18)19-12-17(16-8-10-27-11-9-16)4-6-21(19)24(22)14-15-2-3-15;1-16-13(15)11-7-6-10(12(14)8-11)5-4-9-2-3-9/h5,7,13,15-17H,2-4,6,8-12,14H2,1H3;6-9H,2-5H2,1H3. The Morgan fingerprint density at radius 2 is 1.53 bits per heavy atom. The van der Waals surface area contributed by atoms with Gasteiger partial charge >= 0.3 is 11.9 Å². The predicted molar refractivity (Wildman–Crippen MR) is 169 cm³/mol. The van der Waals surface area contributed by atoms with Gasteiger partial charge in [-0.05, 0) is 123 Å². The Bertz CT molecular complexity index is 1460. The first-order valence-electron chi connectivity index (χ1n) is 16.1. The quantitative estimate of drug-likeness (QED) is 0.245. The number of fused-ring (bicyclic) bond motifs is 3.